The standard InChI is InChI=1S/C13H22O4/c1-4-8-16-12(14)7-6-11(3)10-13(15)17-9-5-2/h10H,4-9H2,1-3H3/b11-10+. The van der Waals surface area contributed by atoms with Gasteiger partial charge in [-0.15, -0.1) is 0 Å². The van der Waals surface area contributed by atoms with Crippen molar-refractivity contribution in [3.63, 3.8) is 0 Å². The molecule has 0 N–H and O–H groups in total. The van der Waals surface area contributed by atoms with Crippen LogP contribution in [0.3, 0.4) is 0 Å². The molecule has 0 heterocycles. The van der Waals surface area contributed by atoms with E-state index in [4.69, 9.17) is 9.47 Å². The number of allylic oxidation sites excluding steroid dienone is 1. The van der Waals surface area contributed by atoms with E-state index in [1.165, 1.54) is 6.08 Å². The molecule has 0 fully saturated rings. The van der Waals surface area contributed by atoms with E-state index in [0.29, 0.717) is 26.1 Å². The molecule has 0 aliphatic heterocycles. The summed E-state index contributed by atoms with van der Waals surface area (Å²) in [6.45, 7) is 6.58. The highest BCUT2D eigenvalue weighted by molar-refractivity contribution is 5.82. The summed E-state index contributed by atoms with van der Waals surface area (Å²) in [6.07, 6.45) is 3.90. The van der Waals surface area contributed by atoms with E-state index in [0.717, 1.165) is 18.4 Å². The van der Waals surface area contributed by atoms with Crippen molar-refractivity contribution in [1.29, 1.82) is 0 Å². The Bertz CT molecular complexity index is 269. The smallest absolute Gasteiger partial charge is 0.330 e. The molecule has 0 spiro atoms. The summed E-state index contributed by atoms with van der Waals surface area (Å²) in [4.78, 5) is 22.4. The Balaban J connectivity index is 3.83. The van der Waals surface area contributed by atoms with Crippen LogP contribution in [-0.2, 0) is 19.1 Å². The normalized spacial score (nSPS) is 11.1. The number of esters is 2. The average Bonchev–Trinajstić information content (AvgIpc) is 2.31. The monoisotopic (exact) mass is 242 g/mol. The van der Waals surface area contributed by atoms with Gasteiger partial charge in [-0.3, -0.25) is 4.79 Å². The predicted molar refractivity (Wildman–Crippen MR) is 65.5 cm³/mol. The summed E-state index contributed by atoms with van der Waals surface area (Å²) in [7, 11) is 0. The summed E-state index contributed by atoms with van der Waals surface area (Å²) < 4.78 is 9.83. The first-order valence-corrected chi connectivity index (χ1v) is 6.09. The fourth-order valence-corrected chi connectivity index (χ4v) is 1.10. The third kappa shape index (κ3) is 9.60. The van der Waals surface area contributed by atoms with Gasteiger partial charge in [-0.1, -0.05) is 19.4 Å². The van der Waals surface area contributed by atoms with E-state index in [-0.39, 0.29) is 11.9 Å². The van der Waals surface area contributed by atoms with Crippen molar-refractivity contribution in [1.82, 2.24) is 0 Å². The zero-order chi connectivity index (χ0) is 13.1. The van der Waals surface area contributed by atoms with Gasteiger partial charge in [0.15, 0.2) is 0 Å². The molecule has 0 aromatic rings. The van der Waals surface area contributed by atoms with E-state index in [9.17, 15) is 9.59 Å². The molecule has 0 saturated carbocycles. The molecule has 0 bridgehead atoms. The topological polar surface area (TPSA) is 52.6 Å². The minimum absolute atomic E-state index is 0.221. The molecule has 0 radical (unpaired) electrons. The Hall–Kier alpha value is -1.32. The highest BCUT2D eigenvalue weighted by atomic mass is 16.5. The van der Waals surface area contributed by atoms with Crippen LogP contribution in [0.1, 0.15) is 46.5 Å². The van der Waals surface area contributed by atoms with Crippen molar-refractivity contribution < 1.29 is 19.1 Å². The van der Waals surface area contributed by atoms with Crippen molar-refractivity contribution in [2.75, 3.05) is 13.2 Å². The number of carbonyl (C=O) groups is 2. The molecule has 0 aliphatic carbocycles. The summed E-state index contributed by atoms with van der Waals surface area (Å²) in [5.74, 6) is -0.562. The summed E-state index contributed by atoms with van der Waals surface area (Å²) in [5, 5.41) is 0. The van der Waals surface area contributed by atoms with Gasteiger partial charge in [0.2, 0.25) is 0 Å². The first-order chi connectivity index (χ1) is 8.10. The third-order valence-corrected chi connectivity index (χ3v) is 2.00. The number of ether oxygens (including phenoxy) is 2. The number of hydrogen-bond acceptors (Lipinski definition) is 4. The van der Waals surface area contributed by atoms with E-state index in [1.54, 1.807) is 6.92 Å². The molecule has 0 aliphatic rings. The second-order valence-corrected chi connectivity index (χ2v) is 3.88. The van der Waals surface area contributed by atoms with Gasteiger partial charge in [0.25, 0.3) is 0 Å². The highest BCUT2D eigenvalue weighted by Gasteiger charge is 2.04. The molecular weight excluding hydrogens is 220 g/mol. The minimum atomic E-state index is -0.341. The molecule has 0 aromatic heterocycles. The van der Waals surface area contributed by atoms with Gasteiger partial charge in [-0.05, 0) is 26.2 Å². The number of carbonyl (C=O) groups excluding carboxylic acids is 2. The molecule has 0 saturated heterocycles. The van der Waals surface area contributed by atoms with Gasteiger partial charge >= 0.3 is 11.9 Å². The molecule has 98 valence electrons. The second-order valence-electron chi connectivity index (χ2n) is 3.88. The molecule has 0 rings (SSSR count). The summed E-state index contributed by atoms with van der Waals surface area (Å²) in [6, 6.07) is 0. The lowest BCUT2D eigenvalue weighted by atomic mass is 10.1. The van der Waals surface area contributed by atoms with Crippen LogP contribution in [0.2, 0.25) is 0 Å². The fraction of sp³-hybridized carbons (Fsp3) is 0.692. The largest absolute Gasteiger partial charge is 0.466 e. The van der Waals surface area contributed by atoms with Crippen LogP contribution in [-0.4, -0.2) is 25.2 Å². The molecule has 0 unspecified atom stereocenters. The number of rotatable bonds is 8. The lowest BCUT2D eigenvalue weighted by molar-refractivity contribution is -0.143. The van der Waals surface area contributed by atoms with Crippen molar-refractivity contribution in [2.24, 2.45) is 0 Å². The van der Waals surface area contributed by atoms with Crippen LogP contribution in [0.4, 0.5) is 0 Å². The van der Waals surface area contributed by atoms with Crippen LogP contribution in [0, 0.1) is 0 Å². The summed E-state index contributed by atoms with van der Waals surface area (Å²) in [5.41, 5.74) is 0.833. The third-order valence-electron chi connectivity index (χ3n) is 2.00. The minimum Gasteiger partial charge on any atom is -0.466 e. The van der Waals surface area contributed by atoms with Gasteiger partial charge in [0.05, 0.1) is 13.2 Å². The molecule has 0 atom stereocenters. The summed E-state index contributed by atoms with van der Waals surface area (Å²) >= 11 is 0. The first-order valence-electron chi connectivity index (χ1n) is 6.09. The van der Waals surface area contributed by atoms with Gasteiger partial charge in [0, 0.05) is 12.5 Å². The quantitative estimate of drug-likeness (QED) is 0.485. The van der Waals surface area contributed by atoms with E-state index < -0.39 is 0 Å². The van der Waals surface area contributed by atoms with Crippen LogP contribution in [0.25, 0.3) is 0 Å². The van der Waals surface area contributed by atoms with Crippen molar-refractivity contribution in [2.45, 2.75) is 46.5 Å². The fourth-order valence-electron chi connectivity index (χ4n) is 1.10. The second kappa shape index (κ2) is 9.87. The van der Waals surface area contributed by atoms with Crippen LogP contribution in [0.5, 0.6) is 0 Å². The molecule has 0 aromatic carbocycles. The van der Waals surface area contributed by atoms with Gasteiger partial charge < -0.3 is 9.47 Å². The molecule has 4 nitrogen and oxygen atoms in total. The maximum Gasteiger partial charge on any atom is 0.330 e. The van der Waals surface area contributed by atoms with Crippen molar-refractivity contribution in [3.05, 3.63) is 11.6 Å². The Morgan fingerprint density at radius 3 is 2.18 bits per heavy atom. The van der Waals surface area contributed by atoms with E-state index in [2.05, 4.69) is 0 Å². The number of hydrogen-bond donors (Lipinski definition) is 0. The van der Waals surface area contributed by atoms with E-state index in [1.807, 2.05) is 13.8 Å². The molecule has 4 heteroatoms. The van der Waals surface area contributed by atoms with Crippen LogP contribution < -0.4 is 0 Å². The zero-order valence-electron chi connectivity index (χ0n) is 11.0. The van der Waals surface area contributed by atoms with Crippen molar-refractivity contribution in [3.8, 4) is 0 Å². The first kappa shape index (κ1) is 15.7. The maximum absolute atomic E-state index is 11.2. The molecule has 17 heavy (non-hydrogen) atoms. The zero-order valence-corrected chi connectivity index (χ0v) is 11.0. The Labute approximate surface area is 103 Å². The Kier molecular flexibility index (Phi) is 9.11. The SMILES string of the molecule is CCCOC(=O)/C=C(\C)CCC(=O)OCCC. The molecule has 0 amide bonds. The van der Waals surface area contributed by atoms with Crippen molar-refractivity contribution >= 4 is 11.9 Å². The van der Waals surface area contributed by atoms with Crippen LogP contribution >= 0.6 is 0 Å². The lowest BCUT2D eigenvalue weighted by Crippen LogP contribution is -2.06. The molecular formula is C13H22O4. The van der Waals surface area contributed by atoms with Gasteiger partial charge in [0.1, 0.15) is 0 Å². The average molecular weight is 242 g/mol. The van der Waals surface area contributed by atoms with Gasteiger partial charge in [-0.2, -0.15) is 0 Å². The Morgan fingerprint density at radius 2 is 1.59 bits per heavy atom. The lowest BCUT2D eigenvalue weighted by Gasteiger charge is -2.03. The van der Waals surface area contributed by atoms with E-state index >= 15 is 0 Å². The van der Waals surface area contributed by atoms with Gasteiger partial charge in [-0.25, -0.2) is 4.79 Å². The Morgan fingerprint density at radius 1 is 1.00 bits per heavy atom. The highest BCUT2D eigenvalue weighted by Crippen LogP contribution is 2.05. The maximum atomic E-state index is 11.2. The van der Waals surface area contributed by atoms with Crippen LogP contribution in [0.15, 0.2) is 11.6 Å². The predicted octanol–water partition coefficient (Wildman–Crippen LogP) is 2.62.